The summed E-state index contributed by atoms with van der Waals surface area (Å²) in [6, 6.07) is 6.37. The molecule has 0 saturated heterocycles. The third-order valence-electron chi connectivity index (χ3n) is 3.26. The zero-order valence-electron chi connectivity index (χ0n) is 14.2. The lowest BCUT2D eigenvalue weighted by Gasteiger charge is -2.15. The van der Waals surface area contributed by atoms with Crippen molar-refractivity contribution in [3.05, 3.63) is 34.3 Å². The molecule has 0 fully saturated rings. The average Bonchev–Trinajstić information content (AvgIpc) is 2.55. The highest BCUT2D eigenvalue weighted by Crippen LogP contribution is 2.11. The van der Waals surface area contributed by atoms with Crippen LogP contribution in [0.1, 0.15) is 24.2 Å². The second-order valence-electron chi connectivity index (χ2n) is 5.60. The maximum absolute atomic E-state index is 11.9. The number of nitrogens with one attached hydrogen (secondary N) is 3. The molecule has 0 aliphatic carbocycles. The van der Waals surface area contributed by atoms with Crippen LogP contribution in [0.2, 0.25) is 0 Å². The van der Waals surface area contributed by atoms with E-state index in [1.807, 2.05) is 19.9 Å². The van der Waals surface area contributed by atoms with E-state index in [1.165, 1.54) is 0 Å². The number of hydrogen-bond acceptors (Lipinski definition) is 4. The van der Waals surface area contributed by atoms with Crippen molar-refractivity contribution in [1.82, 2.24) is 16.0 Å². The highest BCUT2D eigenvalue weighted by atomic mass is 79.9. The van der Waals surface area contributed by atoms with E-state index in [2.05, 4.69) is 31.9 Å². The van der Waals surface area contributed by atoms with Crippen LogP contribution < -0.4 is 21.7 Å². The molecular formula is C16H24BrClN4O3. The predicted octanol–water partition coefficient (Wildman–Crippen LogP) is 0.816. The average molecular weight is 436 g/mol. The third kappa shape index (κ3) is 8.85. The first kappa shape index (κ1) is 23.4. The third-order valence-corrected chi connectivity index (χ3v) is 3.76. The quantitative estimate of drug-likeness (QED) is 0.453. The molecule has 0 unspecified atom stereocenters. The lowest BCUT2D eigenvalue weighted by Crippen LogP contribution is -2.47. The second kappa shape index (κ2) is 11.8. The molecule has 0 heterocycles. The highest BCUT2D eigenvalue weighted by molar-refractivity contribution is 9.10. The van der Waals surface area contributed by atoms with Crippen LogP contribution in [-0.4, -0.2) is 43.4 Å². The first-order chi connectivity index (χ1) is 11.3. The SMILES string of the molecule is CC(C)[C@H](N)C(=O)NCC(=O)NCCNC(=O)c1cccc(Br)c1.Cl. The van der Waals surface area contributed by atoms with Crippen molar-refractivity contribution in [3.63, 3.8) is 0 Å². The number of benzene rings is 1. The number of rotatable bonds is 8. The smallest absolute Gasteiger partial charge is 0.251 e. The largest absolute Gasteiger partial charge is 0.353 e. The van der Waals surface area contributed by atoms with Gasteiger partial charge in [0.25, 0.3) is 5.91 Å². The summed E-state index contributed by atoms with van der Waals surface area (Å²) in [5.41, 5.74) is 6.21. The Kier molecular flexibility index (Phi) is 11.1. The topological polar surface area (TPSA) is 113 Å². The second-order valence-corrected chi connectivity index (χ2v) is 6.52. The van der Waals surface area contributed by atoms with Crippen LogP contribution in [0, 0.1) is 5.92 Å². The standard InChI is InChI=1S/C16H23BrN4O3.ClH/c1-10(2)14(18)16(24)21-9-13(22)19-6-7-20-15(23)11-4-3-5-12(17)8-11;/h3-5,8,10,14H,6-7,9,18H2,1-2H3,(H,19,22)(H,20,23)(H,21,24);1H/t14-;/m0./s1. The summed E-state index contributed by atoms with van der Waals surface area (Å²) < 4.78 is 0.818. The van der Waals surface area contributed by atoms with Crippen molar-refractivity contribution < 1.29 is 14.4 Å². The van der Waals surface area contributed by atoms with Gasteiger partial charge in [-0.15, -0.1) is 12.4 Å². The molecule has 0 aliphatic rings. The lowest BCUT2D eigenvalue weighted by atomic mass is 10.1. The Labute approximate surface area is 162 Å². The normalized spacial score (nSPS) is 11.2. The summed E-state index contributed by atoms with van der Waals surface area (Å²) in [5, 5.41) is 7.78. The zero-order chi connectivity index (χ0) is 18.1. The van der Waals surface area contributed by atoms with Gasteiger partial charge in [-0.1, -0.05) is 35.8 Å². The van der Waals surface area contributed by atoms with E-state index >= 15 is 0 Å². The van der Waals surface area contributed by atoms with Gasteiger partial charge in [-0.25, -0.2) is 0 Å². The predicted molar refractivity (Wildman–Crippen MR) is 103 cm³/mol. The van der Waals surface area contributed by atoms with Gasteiger partial charge in [0.15, 0.2) is 0 Å². The number of nitrogens with two attached hydrogens (primary N) is 1. The summed E-state index contributed by atoms with van der Waals surface area (Å²) in [5.74, 6) is -0.915. The van der Waals surface area contributed by atoms with Crippen molar-refractivity contribution in [1.29, 1.82) is 0 Å². The van der Waals surface area contributed by atoms with Crippen LogP contribution in [-0.2, 0) is 9.59 Å². The number of amides is 3. The minimum absolute atomic E-state index is 0. The Bertz CT molecular complexity index is 598. The van der Waals surface area contributed by atoms with Gasteiger partial charge < -0.3 is 21.7 Å². The maximum Gasteiger partial charge on any atom is 0.251 e. The number of carbonyl (C=O) groups excluding carboxylic acids is 3. The summed E-state index contributed by atoms with van der Waals surface area (Å²) in [6.07, 6.45) is 0. The molecule has 0 spiro atoms. The van der Waals surface area contributed by atoms with E-state index < -0.39 is 6.04 Å². The van der Waals surface area contributed by atoms with Gasteiger partial charge in [0.2, 0.25) is 11.8 Å². The van der Waals surface area contributed by atoms with Gasteiger partial charge in [0, 0.05) is 23.1 Å². The Morgan fingerprint density at radius 3 is 2.36 bits per heavy atom. The molecule has 25 heavy (non-hydrogen) atoms. The van der Waals surface area contributed by atoms with Gasteiger partial charge in [-0.3, -0.25) is 14.4 Å². The zero-order valence-corrected chi connectivity index (χ0v) is 16.6. The Balaban J connectivity index is 0.00000576. The maximum atomic E-state index is 11.9. The van der Waals surface area contributed by atoms with E-state index in [1.54, 1.807) is 18.2 Å². The minimum atomic E-state index is -0.637. The Morgan fingerprint density at radius 2 is 1.76 bits per heavy atom. The van der Waals surface area contributed by atoms with Crippen molar-refractivity contribution in [3.8, 4) is 0 Å². The fraction of sp³-hybridized carbons (Fsp3) is 0.438. The van der Waals surface area contributed by atoms with Gasteiger partial charge >= 0.3 is 0 Å². The van der Waals surface area contributed by atoms with Gasteiger partial charge in [0.05, 0.1) is 12.6 Å². The first-order valence-corrected chi connectivity index (χ1v) is 8.44. The van der Waals surface area contributed by atoms with Crippen LogP contribution in [0.5, 0.6) is 0 Å². The molecule has 1 rings (SSSR count). The van der Waals surface area contributed by atoms with E-state index in [0.717, 1.165) is 4.47 Å². The van der Waals surface area contributed by atoms with Gasteiger partial charge in [-0.05, 0) is 24.1 Å². The van der Waals surface area contributed by atoms with Crippen LogP contribution in [0.4, 0.5) is 0 Å². The van der Waals surface area contributed by atoms with Gasteiger partial charge in [-0.2, -0.15) is 0 Å². The number of carbonyl (C=O) groups is 3. The van der Waals surface area contributed by atoms with Gasteiger partial charge in [0.1, 0.15) is 0 Å². The van der Waals surface area contributed by atoms with Crippen molar-refractivity contribution >= 4 is 46.1 Å². The lowest BCUT2D eigenvalue weighted by molar-refractivity contribution is -0.127. The molecule has 1 aromatic carbocycles. The minimum Gasteiger partial charge on any atom is -0.353 e. The fourth-order valence-electron chi connectivity index (χ4n) is 1.76. The molecule has 7 nitrogen and oxygen atoms in total. The van der Waals surface area contributed by atoms with Crippen LogP contribution in [0.3, 0.4) is 0 Å². The molecule has 5 N–H and O–H groups in total. The molecule has 9 heteroatoms. The fourth-order valence-corrected chi connectivity index (χ4v) is 2.16. The summed E-state index contributed by atoms with van der Waals surface area (Å²) in [7, 11) is 0. The van der Waals surface area contributed by atoms with E-state index in [0.29, 0.717) is 5.56 Å². The Morgan fingerprint density at radius 1 is 1.12 bits per heavy atom. The molecule has 1 aromatic rings. The molecule has 140 valence electrons. The molecular weight excluding hydrogens is 412 g/mol. The van der Waals surface area contributed by atoms with Crippen LogP contribution >= 0.6 is 28.3 Å². The molecule has 0 aliphatic heterocycles. The van der Waals surface area contributed by atoms with E-state index in [9.17, 15) is 14.4 Å². The molecule has 0 saturated carbocycles. The first-order valence-electron chi connectivity index (χ1n) is 7.65. The summed E-state index contributed by atoms with van der Waals surface area (Å²) in [4.78, 5) is 35.1. The molecule has 0 aromatic heterocycles. The van der Waals surface area contributed by atoms with Crippen molar-refractivity contribution in [2.45, 2.75) is 19.9 Å². The molecule has 0 radical (unpaired) electrons. The highest BCUT2D eigenvalue weighted by Gasteiger charge is 2.17. The van der Waals surface area contributed by atoms with Crippen LogP contribution in [0.25, 0.3) is 0 Å². The monoisotopic (exact) mass is 434 g/mol. The summed E-state index contributed by atoms with van der Waals surface area (Å²) in [6.45, 7) is 4.08. The molecule has 0 bridgehead atoms. The number of hydrogen-bond donors (Lipinski definition) is 4. The summed E-state index contributed by atoms with van der Waals surface area (Å²) >= 11 is 3.30. The van der Waals surface area contributed by atoms with Crippen molar-refractivity contribution in [2.75, 3.05) is 19.6 Å². The van der Waals surface area contributed by atoms with Crippen molar-refractivity contribution in [2.24, 2.45) is 11.7 Å². The Hall–Kier alpha value is -1.64. The molecule has 3 amide bonds. The van der Waals surface area contributed by atoms with E-state index in [-0.39, 0.29) is 55.7 Å². The number of halogens is 2. The molecule has 1 atom stereocenters. The van der Waals surface area contributed by atoms with Crippen LogP contribution in [0.15, 0.2) is 28.7 Å². The van der Waals surface area contributed by atoms with E-state index in [4.69, 9.17) is 5.73 Å².